The molecule has 20 heavy (non-hydrogen) atoms. The molecule has 0 bridgehead atoms. The lowest BCUT2D eigenvalue weighted by Gasteiger charge is -2.38. The number of carboxylic acids is 1. The number of hydrogen-bond acceptors (Lipinski definition) is 4. The molecule has 5 heteroatoms. The number of nitrogens with one attached hydrogen (secondary N) is 1. The van der Waals surface area contributed by atoms with Crippen LogP contribution in [-0.4, -0.2) is 48.1 Å². The molecule has 1 saturated heterocycles. The average molecular weight is 285 g/mol. The maximum absolute atomic E-state index is 10.9. The van der Waals surface area contributed by atoms with Crippen LogP contribution in [0.5, 0.6) is 0 Å². The fraction of sp³-hybridized carbons (Fsp3) is 0.933. The van der Waals surface area contributed by atoms with E-state index >= 15 is 0 Å². The number of ether oxygens (including phenoxy) is 1. The second-order valence-corrected chi connectivity index (χ2v) is 6.86. The third-order valence-corrected chi connectivity index (χ3v) is 4.97. The molecular weight excluding hydrogens is 258 g/mol. The number of hydrogen-bond donors (Lipinski definition) is 3. The van der Waals surface area contributed by atoms with E-state index in [1.54, 1.807) is 0 Å². The highest BCUT2D eigenvalue weighted by Gasteiger charge is 2.36. The fourth-order valence-corrected chi connectivity index (χ4v) is 3.22. The van der Waals surface area contributed by atoms with Crippen LogP contribution in [0.15, 0.2) is 0 Å². The van der Waals surface area contributed by atoms with Gasteiger partial charge in [0, 0.05) is 26.3 Å². The van der Waals surface area contributed by atoms with Gasteiger partial charge in [0.15, 0.2) is 0 Å². The summed E-state index contributed by atoms with van der Waals surface area (Å²) in [6, 6.07) is 0. The van der Waals surface area contributed by atoms with Crippen molar-refractivity contribution in [2.45, 2.75) is 51.0 Å². The fourth-order valence-electron chi connectivity index (χ4n) is 3.22. The van der Waals surface area contributed by atoms with Crippen LogP contribution >= 0.6 is 0 Å². The van der Waals surface area contributed by atoms with Gasteiger partial charge in [0.2, 0.25) is 0 Å². The minimum Gasteiger partial charge on any atom is -0.481 e. The first kappa shape index (κ1) is 15.7. The van der Waals surface area contributed by atoms with Gasteiger partial charge in [-0.05, 0) is 43.9 Å². The van der Waals surface area contributed by atoms with Gasteiger partial charge in [0.25, 0.3) is 0 Å². The summed E-state index contributed by atoms with van der Waals surface area (Å²) in [4.78, 5) is 10.9. The molecule has 2 aliphatic rings. The Kier molecular flexibility index (Phi) is 5.04. The van der Waals surface area contributed by atoms with Gasteiger partial charge in [-0.3, -0.25) is 4.79 Å². The lowest BCUT2D eigenvalue weighted by Crippen LogP contribution is -2.47. The normalized spacial score (nSPS) is 33.8. The van der Waals surface area contributed by atoms with Crippen LogP contribution in [0.3, 0.4) is 0 Å². The standard InChI is InChI=1S/C15H27NO4/c1-14(6-8-20-9-7-14)10-16-11-15(19)4-2-12(3-5-15)13(17)18/h12,16,19H,2-11H2,1H3,(H,17,18). The van der Waals surface area contributed by atoms with Crippen molar-refractivity contribution in [2.75, 3.05) is 26.3 Å². The maximum Gasteiger partial charge on any atom is 0.306 e. The van der Waals surface area contributed by atoms with Crippen LogP contribution in [0.4, 0.5) is 0 Å². The highest BCUT2D eigenvalue weighted by Crippen LogP contribution is 2.33. The zero-order valence-corrected chi connectivity index (χ0v) is 12.4. The van der Waals surface area contributed by atoms with Crippen LogP contribution in [0, 0.1) is 11.3 Å². The molecule has 1 aliphatic carbocycles. The van der Waals surface area contributed by atoms with Gasteiger partial charge >= 0.3 is 5.97 Å². The van der Waals surface area contributed by atoms with E-state index in [0.29, 0.717) is 32.2 Å². The van der Waals surface area contributed by atoms with E-state index < -0.39 is 11.6 Å². The smallest absolute Gasteiger partial charge is 0.306 e. The van der Waals surface area contributed by atoms with E-state index in [-0.39, 0.29) is 11.3 Å². The molecule has 2 rings (SSSR count). The van der Waals surface area contributed by atoms with E-state index in [9.17, 15) is 9.90 Å². The van der Waals surface area contributed by atoms with Crippen molar-refractivity contribution in [1.29, 1.82) is 0 Å². The Bertz CT molecular complexity index is 331. The molecule has 3 N–H and O–H groups in total. The van der Waals surface area contributed by atoms with Gasteiger partial charge in [-0.15, -0.1) is 0 Å². The topological polar surface area (TPSA) is 78.8 Å². The quantitative estimate of drug-likeness (QED) is 0.711. The molecule has 1 saturated carbocycles. The summed E-state index contributed by atoms with van der Waals surface area (Å²) >= 11 is 0. The Labute approximate surface area is 120 Å². The third kappa shape index (κ3) is 4.17. The van der Waals surface area contributed by atoms with Crippen molar-refractivity contribution in [1.82, 2.24) is 5.32 Å². The van der Waals surface area contributed by atoms with Gasteiger partial charge in [0.1, 0.15) is 0 Å². The second-order valence-electron chi connectivity index (χ2n) is 6.86. The Hall–Kier alpha value is -0.650. The van der Waals surface area contributed by atoms with Crippen molar-refractivity contribution in [3.8, 4) is 0 Å². The Morgan fingerprint density at radius 1 is 1.20 bits per heavy atom. The largest absolute Gasteiger partial charge is 0.481 e. The Morgan fingerprint density at radius 3 is 2.35 bits per heavy atom. The van der Waals surface area contributed by atoms with E-state index in [2.05, 4.69) is 12.2 Å². The first-order valence-corrected chi connectivity index (χ1v) is 7.66. The van der Waals surface area contributed by atoms with Crippen LogP contribution in [0.2, 0.25) is 0 Å². The predicted octanol–water partition coefficient (Wildman–Crippen LogP) is 1.40. The molecule has 0 aromatic carbocycles. The minimum absolute atomic E-state index is 0.257. The lowest BCUT2D eigenvalue weighted by molar-refractivity contribution is -0.144. The number of aliphatic hydroxyl groups is 1. The lowest BCUT2D eigenvalue weighted by atomic mass is 9.78. The molecule has 1 aliphatic heterocycles. The monoisotopic (exact) mass is 285 g/mol. The molecule has 116 valence electrons. The van der Waals surface area contributed by atoms with E-state index in [0.717, 1.165) is 32.6 Å². The highest BCUT2D eigenvalue weighted by molar-refractivity contribution is 5.70. The summed E-state index contributed by atoms with van der Waals surface area (Å²) in [5.41, 5.74) is -0.472. The van der Waals surface area contributed by atoms with Crippen LogP contribution < -0.4 is 5.32 Å². The van der Waals surface area contributed by atoms with Crippen LogP contribution in [0.1, 0.15) is 45.4 Å². The van der Waals surface area contributed by atoms with E-state index in [4.69, 9.17) is 9.84 Å². The van der Waals surface area contributed by atoms with Crippen molar-refractivity contribution in [2.24, 2.45) is 11.3 Å². The molecule has 0 radical (unpaired) electrons. The number of carbonyl (C=O) groups is 1. The summed E-state index contributed by atoms with van der Waals surface area (Å²) in [6.45, 7) is 5.36. The van der Waals surface area contributed by atoms with Crippen LogP contribution in [0.25, 0.3) is 0 Å². The third-order valence-electron chi connectivity index (χ3n) is 4.97. The molecule has 0 aromatic heterocycles. The van der Waals surface area contributed by atoms with Crippen molar-refractivity contribution in [3.63, 3.8) is 0 Å². The molecule has 5 nitrogen and oxygen atoms in total. The minimum atomic E-state index is -0.729. The average Bonchev–Trinajstić information content (AvgIpc) is 2.39. The molecule has 0 aromatic rings. The molecule has 2 fully saturated rings. The number of carboxylic acid groups (broad SMARTS) is 1. The summed E-state index contributed by atoms with van der Waals surface area (Å²) in [5, 5.41) is 22.9. The molecular formula is C15H27NO4. The predicted molar refractivity (Wildman–Crippen MR) is 75.6 cm³/mol. The van der Waals surface area contributed by atoms with E-state index in [1.807, 2.05) is 0 Å². The first-order valence-electron chi connectivity index (χ1n) is 7.66. The zero-order valence-electron chi connectivity index (χ0n) is 12.4. The Balaban J connectivity index is 1.72. The Morgan fingerprint density at radius 2 is 1.80 bits per heavy atom. The SMILES string of the molecule is CC1(CNCC2(O)CCC(C(=O)O)CC2)CCOCC1. The summed E-state index contributed by atoms with van der Waals surface area (Å²) in [7, 11) is 0. The number of aliphatic carboxylic acids is 1. The maximum atomic E-state index is 10.9. The summed E-state index contributed by atoms with van der Waals surface area (Å²) < 4.78 is 5.38. The van der Waals surface area contributed by atoms with Crippen LogP contribution in [-0.2, 0) is 9.53 Å². The van der Waals surface area contributed by atoms with E-state index in [1.165, 1.54) is 0 Å². The van der Waals surface area contributed by atoms with Gasteiger partial charge in [-0.1, -0.05) is 6.92 Å². The molecule has 0 unspecified atom stereocenters. The molecule has 0 amide bonds. The molecule has 1 heterocycles. The molecule has 0 spiro atoms. The van der Waals surface area contributed by atoms with Gasteiger partial charge < -0.3 is 20.3 Å². The van der Waals surface area contributed by atoms with Crippen molar-refractivity contribution in [3.05, 3.63) is 0 Å². The molecule has 0 atom stereocenters. The number of rotatable bonds is 5. The van der Waals surface area contributed by atoms with Crippen molar-refractivity contribution < 1.29 is 19.7 Å². The first-order chi connectivity index (χ1) is 9.43. The zero-order chi connectivity index (χ0) is 14.6. The summed E-state index contributed by atoms with van der Waals surface area (Å²) in [5.74, 6) is -1.00. The summed E-state index contributed by atoms with van der Waals surface area (Å²) in [6.07, 6.45) is 4.43. The van der Waals surface area contributed by atoms with Gasteiger partial charge in [-0.25, -0.2) is 0 Å². The highest BCUT2D eigenvalue weighted by atomic mass is 16.5. The van der Waals surface area contributed by atoms with Crippen molar-refractivity contribution >= 4 is 5.97 Å². The van der Waals surface area contributed by atoms with Gasteiger partial charge in [-0.2, -0.15) is 0 Å². The van der Waals surface area contributed by atoms with Gasteiger partial charge in [0.05, 0.1) is 11.5 Å². The second kappa shape index (κ2) is 6.41.